The van der Waals surface area contributed by atoms with E-state index in [2.05, 4.69) is 17.0 Å². The molecule has 17 heavy (non-hydrogen) atoms. The average Bonchev–Trinajstić information content (AvgIpc) is 2.21. The van der Waals surface area contributed by atoms with Crippen molar-refractivity contribution in [2.45, 2.75) is 45.3 Å². The molecule has 2 N–H and O–H groups in total. The Balaban J connectivity index is 2.13. The van der Waals surface area contributed by atoms with Crippen LogP contribution in [0.4, 0.5) is 0 Å². The molecule has 1 rings (SSSR count). The van der Waals surface area contributed by atoms with Gasteiger partial charge in [0.15, 0.2) is 0 Å². The fourth-order valence-corrected chi connectivity index (χ4v) is 3.09. The monoisotopic (exact) mass is 264 g/mol. The number of hydrogen-bond acceptors (Lipinski definition) is 4. The summed E-state index contributed by atoms with van der Waals surface area (Å²) >= 11 is 0. The summed E-state index contributed by atoms with van der Waals surface area (Å²) in [6.45, 7) is 6.10. The molecule has 0 bridgehead atoms. The van der Waals surface area contributed by atoms with E-state index >= 15 is 0 Å². The number of ether oxygens (including phenoxy) is 1. The molecule has 0 aromatic rings. The summed E-state index contributed by atoms with van der Waals surface area (Å²) in [6.07, 6.45) is 2.86. The predicted molar refractivity (Wildman–Crippen MR) is 68.5 cm³/mol. The maximum Gasteiger partial charge on any atom is 0.213 e. The molecule has 1 fully saturated rings. The first-order chi connectivity index (χ1) is 8.07. The lowest BCUT2D eigenvalue weighted by molar-refractivity contribution is -0.00475. The van der Waals surface area contributed by atoms with Crippen molar-refractivity contribution in [3.63, 3.8) is 0 Å². The molecule has 1 aliphatic rings. The Kier molecular flexibility index (Phi) is 6.40. The highest BCUT2D eigenvalue weighted by Gasteiger charge is 2.32. The van der Waals surface area contributed by atoms with Gasteiger partial charge in [0, 0.05) is 19.2 Å². The Morgan fingerprint density at radius 3 is 2.53 bits per heavy atom. The minimum Gasteiger partial charge on any atom is -0.378 e. The van der Waals surface area contributed by atoms with Crippen molar-refractivity contribution in [1.29, 1.82) is 0 Å². The summed E-state index contributed by atoms with van der Waals surface area (Å²) in [5.74, 6) is 0.156. The molecule has 102 valence electrons. The second-order valence-corrected chi connectivity index (χ2v) is 6.31. The first-order valence-electron chi connectivity index (χ1n) is 6.39. The van der Waals surface area contributed by atoms with Crippen LogP contribution in [0.5, 0.6) is 0 Å². The van der Waals surface area contributed by atoms with Gasteiger partial charge in [-0.25, -0.2) is 13.1 Å². The van der Waals surface area contributed by atoms with Gasteiger partial charge in [-0.3, -0.25) is 0 Å². The Hall–Kier alpha value is -0.170. The van der Waals surface area contributed by atoms with E-state index in [4.69, 9.17) is 4.74 Å². The average molecular weight is 264 g/mol. The van der Waals surface area contributed by atoms with Gasteiger partial charge in [0.1, 0.15) is 0 Å². The van der Waals surface area contributed by atoms with Crippen LogP contribution in [0.15, 0.2) is 0 Å². The van der Waals surface area contributed by atoms with Gasteiger partial charge < -0.3 is 10.1 Å². The van der Waals surface area contributed by atoms with Crippen LogP contribution in [0.2, 0.25) is 0 Å². The van der Waals surface area contributed by atoms with Gasteiger partial charge in [-0.2, -0.15) is 0 Å². The molecule has 0 aliphatic heterocycles. The Morgan fingerprint density at radius 1 is 1.24 bits per heavy atom. The summed E-state index contributed by atoms with van der Waals surface area (Å²) in [4.78, 5) is 0. The fraction of sp³-hybridized carbons (Fsp3) is 1.00. The topological polar surface area (TPSA) is 67.4 Å². The van der Waals surface area contributed by atoms with E-state index in [1.165, 1.54) is 0 Å². The van der Waals surface area contributed by atoms with Crippen molar-refractivity contribution >= 4 is 10.0 Å². The van der Waals surface area contributed by atoms with E-state index in [0.29, 0.717) is 13.2 Å². The molecule has 0 aromatic carbocycles. The quantitative estimate of drug-likeness (QED) is 0.594. The van der Waals surface area contributed by atoms with Crippen LogP contribution >= 0.6 is 0 Å². The maximum absolute atomic E-state index is 11.7. The largest absolute Gasteiger partial charge is 0.378 e. The third kappa shape index (κ3) is 5.81. The van der Waals surface area contributed by atoms with Crippen molar-refractivity contribution in [1.82, 2.24) is 10.0 Å². The van der Waals surface area contributed by atoms with Crippen LogP contribution in [0.1, 0.15) is 33.1 Å². The molecule has 0 radical (unpaired) electrons. The molecular weight excluding hydrogens is 240 g/mol. The van der Waals surface area contributed by atoms with E-state index in [0.717, 1.165) is 25.8 Å². The van der Waals surface area contributed by atoms with E-state index in [9.17, 15) is 8.42 Å². The summed E-state index contributed by atoms with van der Waals surface area (Å²) < 4.78 is 31.4. The molecule has 0 heterocycles. The zero-order valence-corrected chi connectivity index (χ0v) is 11.6. The number of hydrogen-bond donors (Lipinski definition) is 2. The Morgan fingerprint density at radius 2 is 1.94 bits per heavy atom. The lowest BCUT2D eigenvalue weighted by Crippen LogP contribution is -2.49. The van der Waals surface area contributed by atoms with E-state index in [1.54, 1.807) is 0 Å². The molecule has 0 amide bonds. The standard InChI is InChI=1S/C11H24N2O3S/c1-3-5-12-6-7-17(14,15)13-10-8-11(9-10)16-4-2/h10-13H,3-9H2,1-2H3. The predicted octanol–water partition coefficient (Wildman–Crippen LogP) is 0.473. The van der Waals surface area contributed by atoms with E-state index < -0.39 is 10.0 Å². The first kappa shape index (κ1) is 14.9. The number of sulfonamides is 1. The molecule has 0 unspecified atom stereocenters. The summed E-state index contributed by atoms with van der Waals surface area (Å²) in [6, 6.07) is 0.0720. The zero-order valence-electron chi connectivity index (χ0n) is 10.7. The second-order valence-electron chi connectivity index (χ2n) is 4.43. The molecule has 0 spiro atoms. The van der Waals surface area contributed by atoms with Gasteiger partial charge in [-0.15, -0.1) is 0 Å². The molecule has 0 atom stereocenters. The van der Waals surface area contributed by atoms with Gasteiger partial charge in [0.2, 0.25) is 10.0 Å². The highest BCUT2D eigenvalue weighted by Crippen LogP contribution is 2.23. The summed E-state index contributed by atoms with van der Waals surface area (Å²) in [5, 5.41) is 3.09. The van der Waals surface area contributed by atoms with E-state index in [-0.39, 0.29) is 17.9 Å². The van der Waals surface area contributed by atoms with Crippen molar-refractivity contribution in [2.75, 3.05) is 25.4 Å². The molecule has 1 saturated carbocycles. The van der Waals surface area contributed by atoms with Gasteiger partial charge in [-0.1, -0.05) is 6.92 Å². The van der Waals surface area contributed by atoms with Gasteiger partial charge in [0.25, 0.3) is 0 Å². The molecule has 1 aliphatic carbocycles. The number of nitrogens with one attached hydrogen (secondary N) is 2. The molecule has 0 aromatic heterocycles. The first-order valence-corrected chi connectivity index (χ1v) is 8.05. The molecule has 6 heteroatoms. The van der Waals surface area contributed by atoms with Crippen molar-refractivity contribution in [2.24, 2.45) is 0 Å². The van der Waals surface area contributed by atoms with Crippen LogP contribution < -0.4 is 10.0 Å². The summed E-state index contributed by atoms with van der Waals surface area (Å²) in [7, 11) is -3.13. The third-order valence-electron chi connectivity index (χ3n) is 2.82. The minimum atomic E-state index is -3.13. The van der Waals surface area contributed by atoms with Crippen LogP contribution in [0.3, 0.4) is 0 Å². The van der Waals surface area contributed by atoms with Crippen LogP contribution in [0.25, 0.3) is 0 Å². The smallest absolute Gasteiger partial charge is 0.213 e. The molecular formula is C11H24N2O3S. The Labute approximate surface area is 104 Å². The normalized spacial score (nSPS) is 24.6. The SMILES string of the molecule is CCCNCCS(=O)(=O)NC1CC(OCC)C1. The van der Waals surface area contributed by atoms with Gasteiger partial charge in [-0.05, 0) is 32.7 Å². The fourth-order valence-electron chi connectivity index (χ4n) is 1.85. The minimum absolute atomic E-state index is 0.0720. The molecule has 5 nitrogen and oxygen atoms in total. The van der Waals surface area contributed by atoms with Crippen molar-refractivity contribution < 1.29 is 13.2 Å². The third-order valence-corrected chi connectivity index (χ3v) is 4.25. The van der Waals surface area contributed by atoms with Crippen molar-refractivity contribution in [3.05, 3.63) is 0 Å². The van der Waals surface area contributed by atoms with Crippen LogP contribution in [-0.4, -0.2) is 46.0 Å². The van der Waals surface area contributed by atoms with Gasteiger partial charge >= 0.3 is 0 Å². The van der Waals surface area contributed by atoms with Crippen molar-refractivity contribution in [3.8, 4) is 0 Å². The zero-order chi connectivity index (χ0) is 12.7. The van der Waals surface area contributed by atoms with Gasteiger partial charge in [0.05, 0.1) is 11.9 Å². The lowest BCUT2D eigenvalue weighted by atomic mass is 9.90. The second kappa shape index (κ2) is 7.31. The van der Waals surface area contributed by atoms with Crippen LogP contribution in [-0.2, 0) is 14.8 Å². The summed E-state index contributed by atoms with van der Waals surface area (Å²) in [5.41, 5.74) is 0. The highest BCUT2D eigenvalue weighted by atomic mass is 32.2. The van der Waals surface area contributed by atoms with E-state index in [1.807, 2.05) is 6.92 Å². The maximum atomic E-state index is 11.7. The van der Waals surface area contributed by atoms with Crippen LogP contribution in [0, 0.1) is 0 Å². The Bertz CT molecular complexity index is 300. The lowest BCUT2D eigenvalue weighted by Gasteiger charge is -2.35. The highest BCUT2D eigenvalue weighted by molar-refractivity contribution is 7.89. The molecule has 0 saturated heterocycles. The number of rotatable bonds is 9.